The first-order chi connectivity index (χ1) is 8.59. The van der Waals surface area contributed by atoms with Gasteiger partial charge in [-0.1, -0.05) is 6.92 Å². The lowest BCUT2D eigenvalue weighted by atomic mass is 9.94. The van der Waals surface area contributed by atoms with Gasteiger partial charge in [0.15, 0.2) is 0 Å². The minimum absolute atomic E-state index is 0.00602. The average Bonchev–Trinajstić information content (AvgIpc) is 2.73. The molecular formula is C13H20N4S. The van der Waals surface area contributed by atoms with Crippen LogP contribution in [0.15, 0.2) is 11.7 Å². The molecule has 0 aliphatic rings. The highest BCUT2D eigenvalue weighted by Gasteiger charge is 2.22. The highest BCUT2D eigenvalue weighted by Crippen LogP contribution is 2.31. The van der Waals surface area contributed by atoms with Gasteiger partial charge in [-0.15, -0.1) is 11.3 Å². The molecule has 0 saturated carbocycles. The average molecular weight is 264 g/mol. The van der Waals surface area contributed by atoms with E-state index in [9.17, 15) is 0 Å². The molecule has 0 saturated heterocycles. The Morgan fingerprint density at radius 3 is 2.89 bits per heavy atom. The third-order valence-corrected chi connectivity index (χ3v) is 4.52. The van der Waals surface area contributed by atoms with Crippen LogP contribution in [0, 0.1) is 6.92 Å². The van der Waals surface area contributed by atoms with Crippen LogP contribution in [0.4, 0.5) is 5.82 Å². The normalized spacial score (nSPS) is 14.7. The van der Waals surface area contributed by atoms with Gasteiger partial charge in [-0.05, 0) is 44.2 Å². The molecule has 2 aromatic rings. The molecule has 1 atom stereocenters. The number of nitrogens with zero attached hydrogens (tertiary/aromatic N) is 2. The zero-order valence-corrected chi connectivity index (χ0v) is 12.0. The second kappa shape index (κ2) is 5.20. The topological polar surface area (TPSA) is 63.8 Å². The second-order valence-electron chi connectivity index (χ2n) is 4.90. The van der Waals surface area contributed by atoms with E-state index in [2.05, 4.69) is 41.4 Å². The molecule has 2 rings (SSSR count). The lowest BCUT2D eigenvalue weighted by Gasteiger charge is -2.30. The first-order valence-electron chi connectivity index (χ1n) is 6.26. The van der Waals surface area contributed by atoms with Crippen molar-refractivity contribution in [1.29, 1.82) is 0 Å². The minimum atomic E-state index is -0.00602. The molecule has 4 nitrogen and oxygen atoms in total. The third-order valence-electron chi connectivity index (χ3n) is 3.43. The highest BCUT2D eigenvalue weighted by atomic mass is 32.1. The lowest BCUT2D eigenvalue weighted by molar-refractivity contribution is 0.462. The Hall–Kier alpha value is -1.20. The zero-order chi connectivity index (χ0) is 13.2. The van der Waals surface area contributed by atoms with Gasteiger partial charge in [0.05, 0.1) is 10.2 Å². The number of aromatic nitrogens is 2. The Labute approximate surface area is 112 Å². The van der Waals surface area contributed by atoms with Crippen molar-refractivity contribution >= 4 is 27.4 Å². The van der Waals surface area contributed by atoms with Crippen LogP contribution in [0.3, 0.4) is 0 Å². The maximum Gasteiger partial charge on any atom is 0.147 e. The van der Waals surface area contributed by atoms with Crippen LogP contribution in [0.25, 0.3) is 10.2 Å². The first-order valence-corrected chi connectivity index (χ1v) is 7.14. The quantitative estimate of drug-likeness (QED) is 0.871. The number of thiophene rings is 1. The third kappa shape index (κ3) is 2.47. The molecule has 3 N–H and O–H groups in total. The van der Waals surface area contributed by atoms with Crippen molar-refractivity contribution in [3.05, 3.63) is 17.3 Å². The van der Waals surface area contributed by atoms with Gasteiger partial charge in [0.2, 0.25) is 0 Å². The predicted molar refractivity (Wildman–Crippen MR) is 78.1 cm³/mol. The minimum Gasteiger partial charge on any atom is -0.364 e. The van der Waals surface area contributed by atoms with Crippen molar-refractivity contribution < 1.29 is 0 Å². The summed E-state index contributed by atoms with van der Waals surface area (Å²) in [5, 5.41) is 5.66. The Morgan fingerprint density at radius 1 is 1.44 bits per heavy atom. The first kappa shape index (κ1) is 13.2. The van der Waals surface area contributed by atoms with E-state index in [0.29, 0.717) is 6.54 Å². The largest absolute Gasteiger partial charge is 0.364 e. The summed E-state index contributed by atoms with van der Waals surface area (Å²) in [7, 11) is 0. The molecule has 0 fully saturated rings. The van der Waals surface area contributed by atoms with Crippen LogP contribution in [0.1, 0.15) is 32.3 Å². The Bertz CT molecular complexity index is 537. The SMILES string of the molecule is CCC(C)(CCN)Nc1ncnc2c(C)csc12. The number of hydrogen-bond donors (Lipinski definition) is 2. The molecule has 0 aliphatic heterocycles. The van der Waals surface area contributed by atoms with Crippen LogP contribution in [0.2, 0.25) is 0 Å². The molecule has 1 unspecified atom stereocenters. The number of nitrogens with two attached hydrogens (primary N) is 1. The smallest absolute Gasteiger partial charge is 0.147 e. The van der Waals surface area contributed by atoms with E-state index in [1.807, 2.05) is 0 Å². The maximum absolute atomic E-state index is 5.69. The van der Waals surface area contributed by atoms with E-state index in [-0.39, 0.29) is 5.54 Å². The molecule has 0 bridgehead atoms. The summed E-state index contributed by atoms with van der Waals surface area (Å²) in [6.07, 6.45) is 3.57. The van der Waals surface area contributed by atoms with Crippen LogP contribution in [0.5, 0.6) is 0 Å². The second-order valence-corrected chi connectivity index (χ2v) is 5.78. The summed E-state index contributed by atoms with van der Waals surface area (Å²) in [5.41, 5.74) is 7.94. The fraction of sp³-hybridized carbons (Fsp3) is 0.538. The molecule has 0 radical (unpaired) electrons. The van der Waals surface area contributed by atoms with Crippen LogP contribution in [-0.4, -0.2) is 22.1 Å². The summed E-state index contributed by atoms with van der Waals surface area (Å²) >= 11 is 1.69. The molecule has 2 heterocycles. The van der Waals surface area contributed by atoms with E-state index in [1.165, 1.54) is 5.56 Å². The standard InChI is InChI=1S/C13H20N4S/c1-4-13(3,5-6-14)17-12-11-10(15-8-16-12)9(2)7-18-11/h7-8H,4-6,14H2,1-3H3,(H,15,16,17). The predicted octanol–water partition coefficient (Wildman–Crippen LogP) is 2.93. The maximum atomic E-state index is 5.69. The fourth-order valence-electron chi connectivity index (χ4n) is 1.99. The summed E-state index contributed by atoms with van der Waals surface area (Å²) < 4.78 is 1.13. The van der Waals surface area contributed by atoms with Crippen molar-refractivity contribution in [3.63, 3.8) is 0 Å². The van der Waals surface area contributed by atoms with E-state index >= 15 is 0 Å². The number of aryl methyl sites for hydroxylation is 1. The Kier molecular flexibility index (Phi) is 3.82. The Balaban J connectivity index is 2.36. The number of hydrogen-bond acceptors (Lipinski definition) is 5. The monoisotopic (exact) mass is 264 g/mol. The van der Waals surface area contributed by atoms with E-state index in [4.69, 9.17) is 5.73 Å². The molecule has 0 spiro atoms. The molecule has 98 valence electrons. The van der Waals surface area contributed by atoms with E-state index in [0.717, 1.165) is 28.9 Å². The van der Waals surface area contributed by atoms with Crippen LogP contribution >= 0.6 is 11.3 Å². The summed E-state index contributed by atoms with van der Waals surface area (Å²) in [6.45, 7) is 7.11. The molecular weight excluding hydrogens is 244 g/mol. The van der Waals surface area contributed by atoms with Gasteiger partial charge in [-0.2, -0.15) is 0 Å². The summed E-state index contributed by atoms with van der Waals surface area (Å²) in [5.74, 6) is 0.927. The van der Waals surface area contributed by atoms with Gasteiger partial charge in [0.25, 0.3) is 0 Å². The van der Waals surface area contributed by atoms with Crippen LogP contribution in [-0.2, 0) is 0 Å². The molecule has 2 aromatic heterocycles. The molecule has 0 aliphatic carbocycles. The number of fused-ring (bicyclic) bond motifs is 1. The summed E-state index contributed by atoms with van der Waals surface area (Å²) in [6, 6.07) is 0. The molecule has 5 heteroatoms. The van der Waals surface area contributed by atoms with Gasteiger partial charge in [0, 0.05) is 5.54 Å². The number of nitrogens with one attached hydrogen (secondary N) is 1. The fourth-order valence-corrected chi connectivity index (χ4v) is 2.94. The van der Waals surface area contributed by atoms with Crippen molar-refractivity contribution in [3.8, 4) is 0 Å². The van der Waals surface area contributed by atoms with Crippen molar-refractivity contribution in [2.24, 2.45) is 5.73 Å². The summed E-state index contributed by atoms with van der Waals surface area (Å²) in [4.78, 5) is 8.72. The number of rotatable bonds is 5. The van der Waals surface area contributed by atoms with E-state index in [1.54, 1.807) is 17.7 Å². The van der Waals surface area contributed by atoms with E-state index < -0.39 is 0 Å². The van der Waals surface area contributed by atoms with Gasteiger partial charge in [-0.25, -0.2) is 9.97 Å². The van der Waals surface area contributed by atoms with Crippen molar-refractivity contribution in [2.45, 2.75) is 39.2 Å². The van der Waals surface area contributed by atoms with Crippen molar-refractivity contribution in [1.82, 2.24) is 9.97 Å². The molecule has 0 aromatic carbocycles. The highest BCUT2D eigenvalue weighted by molar-refractivity contribution is 7.18. The lowest BCUT2D eigenvalue weighted by Crippen LogP contribution is -2.36. The number of anilines is 1. The molecule has 18 heavy (non-hydrogen) atoms. The Morgan fingerprint density at radius 2 is 2.22 bits per heavy atom. The van der Waals surface area contributed by atoms with Crippen molar-refractivity contribution in [2.75, 3.05) is 11.9 Å². The zero-order valence-electron chi connectivity index (χ0n) is 11.2. The van der Waals surface area contributed by atoms with Gasteiger partial charge in [0.1, 0.15) is 12.1 Å². The van der Waals surface area contributed by atoms with Gasteiger partial charge < -0.3 is 11.1 Å². The molecule has 0 amide bonds. The van der Waals surface area contributed by atoms with Crippen LogP contribution < -0.4 is 11.1 Å². The van der Waals surface area contributed by atoms with Gasteiger partial charge in [-0.3, -0.25) is 0 Å². The van der Waals surface area contributed by atoms with Gasteiger partial charge >= 0.3 is 0 Å².